The van der Waals surface area contributed by atoms with Gasteiger partial charge >= 0.3 is 5.97 Å². The number of rotatable bonds is 5. The first-order valence-electron chi connectivity index (χ1n) is 5.45. The van der Waals surface area contributed by atoms with E-state index in [2.05, 4.69) is 5.32 Å². The van der Waals surface area contributed by atoms with Crippen LogP contribution in [0.4, 0.5) is 5.69 Å². The zero-order valence-corrected chi connectivity index (χ0v) is 10.6. The Morgan fingerprint density at radius 3 is 2.58 bits per heavy atom. The Morgan fingerprint density at radius 1 is 1.47 bits per heavy atom. The van der Waals surface area contributed by atoms with E-state index in [0.717, 1.165) is 6.92 Å². The fourth-order valence-corrected chi connectivity index (χ4v) is 1.30. The quantitative estimate of drug-likeness (QED) is 0.551. The average Bonchev–Trinajstić information content (AvgIpc) is 2.35. The predicted molar refractivity (Wildman–Crippen MR) is 68.0 cm³/mol. The van der Waals surface area contributed by atoms with Crippen LogP contribution in [-0.2, 0) is 4.79 Å². The molecule has 0 aromatic heterocycles. The maximum atomic E-state index is 11.8. The Kier molecular flexibility index (Phi) is 4.34. The molecule has 1 rings (SSSR count). The number of aliphatic hydroxyl groups is 1. The molecule has 0 radical (unpaired) electrons. The first-order chi connectivity index (χ1) is 8.77. The topological polar surface area (TPSA) is 122 Å². The normalized spacial score (nSPS) is 13.4. The molecular weight excluding hydrogens is 252 g/mol. The molecule has 0 fully saturated rings. The number of hydrogen-bond acceptors (Lipinski definition) is 5. The van der Waals surface area contributed by atoms with Gasteiger partial charge in [0.05, 0.1) is 19.2 Å². The van der Waals surface area contributed by atoms with Gasteiger partial charge in [0.2, 0.25) is 0 Å². The zero-order chi connectivity index (χ0) is 14.6. The molecule has 0 aliphatic rings. The van der Waals surface area contributed by atoms with Crippen molar-refractivity contribution >= 4 is 17.6 Å². The molecule has 104 valence electrons. The van der Waals surface area contributed by atoms with E-state index in [-0.39, 0.29) is 11.3 Å². The van der Waals surface area contributed by atoms with Crippen LogP contribution in [-0.4, -0.2) is 41.3 Å². The van der Waals surface area contributed by atoms with Gasteiger partial charge in [0.1, 0.15) is 5.75 Å². The van der Waals surface area contributed by atoms with Crippen LogP contribution >= 0.6 is 0 Å². The summed E-state index contributed by atoms with van der Waals surface area (Å²) in [6.07, 6.45) is 0. The van der Waals surface area contributed by atoms with E-state index in [1.54, 1.807) is 6.07 Å². The van der Waals surface area contributed by atoms with E-state index < -0.39 is 24.0 Å². The van der Waals surface area contributed by atoms with E-state index in [1.165, 1.54) is 19.2 Å². The number of hydrogen-bond donors (Lipinski definition) is 4. The maximum absolute atomic E-state index is 11.8. The number of methoxy groups -OCH3 is 1. The van der Waals surface area contributed by atoms with Gasteiger partial charge in [-0.1, -0.05) is 0 Å². The van der Waals surface area contributed by atoms with Gasteiger partial charge in [-0.05, 0) is 19.1 Å². The number of nitrogens with one attached hydrogen (secondary N) is 1. The summed E-state index contributed by atoms with van der Waals surface area (Å²) in [4.78, 5) is 22.5. The van der Waals surface area contributed by atoms with Crippen molar-refractivity contribution in [2.24, 2.45) is 0 Å². The van der Waals surface area contributed by atoms with Crippen LogP contribution in [0.3, 0.4) is 0 Å². The number of aliphatic carboxylic acids is 1. The molecule has 1 atom stereocenters. The minimum atomic E-state index is -2.03. The molecular formula is C12H16N2O5. The van der Waals surface area contributed by atoms with Crippen LogP contribution in [0.15, 0.2) is 18.2 Å². The lowest BCUT2D eigenvalue weighted by molar-refractivity contribution is -0.155. The van der Waals surface area contributed by atoms with Crippen molar-refractivity contribution in [3.05, 3.63) is 23.8 Å². The molecule has 0 spiro atoms. The molecule has 0 saturated carbocycles. The summed E-state index contributed by atoms with van der Waals surface area (Å²) in [5.74, 6) is -1.48. The van der Waals surface area contributed by atoms with Crippen LogP contribution in [0.1, 0.15) is 17.3 Å². The van der Waals surface area contributed by atoms with Crippen molar-refractivity contribution in [3.63, 3.8) is 0 Å². The highest BCUT2D eigenvalue weighted by Gasteiger charge is 2.30. The van der Waals surface area contributed by atoms with Crippen LogP contribution in [0, 0.1) is 0 Å². The molecule has 0 bridgehead atoms. The number of anilines is 1. The Balaban J connectivity index is 2.77. The van der Waals surface area contributed by atoms with Crippen molar-refractivity contribution in [3.8, 4) is 5.75 Å². The summed E-state index contributed by atoms with van der Waals surface area (Å²) in [6, 6.07) is 4.49. The summed E-state index contributed by atoms with van der Waals surface area (Å²) in [5.41, 5.74) is 4.03. The summed E-state index contributed by atoms with van der Waals surface area (Å²) >= 11 is 0. The first kappa shape index (κ1) is 14.8. The Morgan fingerprint density at radius 2 is 2.11 bits per heavy atom. The highest BCUT2D eigenvalue weighted by molar-refractivity contribution is 5.99. The van der Waals surface area contributed by atoms with E-state index in [1.807, 2.05) is 0 Å². The van der Waals surface area contributed by atoms with E-state index in [4.69, 9.17) is 15.6 Å². The van der Waals surface area contributed by atoms with Crippen LogP contribution in [0.2, 0.25) is 0 Å². The molecule has 7 nitrogen and oxygen atoms in total. The fourth-order valence-electron chi connectivity index (χ4n) is 1.30. The van der Waals surface area contributed by atoms with Gasteiger partial charge in [-0.3, -0.25) is 4.79 Å². The van der Waals surface area contributed by atoms with Gasteiger partial charge in [-0.2, -0.15) is 0 Å². The number of amides is 1. The number of carbonyl (C=O) groups excluding carboxylic acids is 1. The zero-order valence-electron chi connectivity index (χ0n) is 10.6. The second-order valence-electron chi connectivity index (χ2n) is 4.21. The number of nitrogen functional groups attached to an aromatic ring is 1. The number of ether oxygens (including phenoxy) is 1. The third-order valence-corrected chi connectivity index (χ3v) is 2.56. The maximum Gasteiger partial charge on any atom is 0.337 e. The van der Waals surface area contributed by atoms with Crippen molar-refractivity contribution < 1.29 is 24.5 Å². The van der Waals surface area contributed by atoms with Crippen LogP contribution in [0.25, 0.3) is 0 Å². The number of benzene rings is 1. The summed E-state index contributed by atoms with van der Waals surface area (Å²) in [6.45, 7) is 0.666. The summed E-state index contributed by atoms with van der Waals surface area (Å²) in [5, 5.41) is 20.5. The fraction of sp³-hybridized carbons (Fsp3) is 0.333. The van der Waals surface area contributed by atoms with Gasteiger partial charge in [0.25, 0.3) is 5.91 Å². The second-order valence-corrected chi connectivity index (χ2v) is 4.21. The molecule has 0 heterocycles. The lowest BCUT2D eigenvalue weighted by Gasteiger charge is -2.18. The van der Waals surface area contributed by atoms with Crippen LogP contribution < -0.4 is 15.8 Å². The number of carbonyl (C=O) groups is 2. The number of nitrogens with two attached hydrogens (primary N) is 1. The smallest absolute Gasteiger partial charge is 0.337 e. The molecule has 1 amide bonds. The first-order valence-corrected chi connectivity index (χ1v) is 5.45. The highest BCUT2D eigenvalue weighted by atomic mass is 16.5. The van der Waals surface area contributed by atoms with Gasteiger partial charge in [-0.25, -0.2) is 4.79 Å². The highest BCUT2D eigenvalue weighted by Crippen LogP contribution is 2.19. The predicted octanol–water partition coefficient (Wildman–Crippen LogP) is -0.157. The van der Waals surface area contributed by atoms with Crippen molar-refractivity contribution in [2.45, 2.75) is 12.5 Å². The molecule has 1 aromatic carbocycles. The van der Waals surface area contributed by atoms with Crippen molar-refractivity contribution in [2.75, 3.05) is 19.4 Å². The average molecular weight is 268 g/mol. The molecule has 0 saturated heterocycles. The second kappa shape index (κ2) is 5.57. The lowest BCUT2D eigenvalue weighted by Crippen LogP contribution is -2.46. The lowest BCUT2D eigenvalue weighted by atomic mass is 10.1. The summed E-state index contributed by atoms with van der Waals surface area (Å²) in [7, 11) is 1.47. The third-order valence-electron chi connectivity index (χ3n) is 2.56. The Labute approximate surface area is 110 Å². The van der Waals surface area contributed by atoms with E-state index in [9.17, 15) is 14.7 Å². The van der Waals surface area contributed by atoms with Gasteiger partial charge in [0.15, 0.2) is 5.60 Å². The monoisotopic (exact) mass is 268 g/mol. The van der Waals surface area contributed by atoms with E-state index in [0.29, 0.717) is 5.75 Å². The van der Waals surface area contributed by atoms with Crippen molar-refractivity contribution in [1.82, 2.24) is 5.32 Å². The molecule has 5 N–H and O–H groups in total. The van der Waals surface area contributed by atoms with E-state index >= 15 is 0 Å². The van der Waals surface area contributed by atoms with Gasteiger partial charge < -0.3 is 26.0 Å². The molecule has 0 aliphatic carbocycles. The summed E-state index contributed by atoms with van der Waals surface area (Å²) < 4.78 is 4.95. The Hall–Kier alpha value is -2.28. The minimum absolute atomic E-state index is 0.182. The molecule has 19 heavy (non-hydrogen) atoms. The van der Waals surface area contributed by atoms with Gasteiger partial charge in [-0.15, -0.1) is 0 Å². The standard InChI is InChI=1S/C12H16N2O5/c1-12(18,11(16)17)6-14-10(15)8-4-3-7(19-2)5-9(8)13/h3-5,18H,6,13H2,1-2H3,(H,14,15)(H,16,17). The molecule has 1 aromatic rings. The number of carboxylic acid groups (broad SMARTS) is 1. The molecule has 7 heteroatoms. The SMILES string of the molecule is COc1ccc(C(=O)NCC(C)(O)C(=O)O)c(N)c1. The number of carboxylic acids is 1. The van der Waals surface area contributed by atoms with Crippen molar-refractivity contribution in [1.29, 1.82) is 0 Å². The largest absolute Gasteiger partial charge is 0.497 e. The molecule has 1 unspecified atom stereocenters. The van der Waals surface area contributed by atoms with Gasteiger partial charge in [0, 0.05) is 11.8 Å². The third kappa shape index (κ3) is 3.59. The Bertz CT molecular complexity index is 499. The minimum Gasteiger partial charge on any atom is -0.497 e. The van der Waals surface area contributed by atoms with Crippen LogP contribution in [0.5, 0.6) is 5.75 Å². The molecule has 0 aliphatic heterocycles.